The summed E-state index contributed by atoms with van der Waals surface area (Å²) in [6.07, 6.45) is 12.7. The van der Waals surface area contributed by atoms with E-state index in [1.54, 1.807) is 0 Å². The molecule has 0 unspecified atom stereocenters. The van der Waals surface area contributed by atoms with Crippen molar-refractivity contribution in [3.8, 4) is 0 Å². The molecule has 0 bridgehead atoms. The Kier molecular flexibility index (Phi) is 9.67. The van der Waals surface area contributed by atoms with Gasteiger partial charge >= 0.3 is 0 Å². The molecule has 5 nitrogen and oxygen atoms in total. The van der Waals surface area contributed by atoms with E-state index in [4.69, 9.17) is 9.41 Å². The number of hydrogen-bond donors (Lipinski definition) is 1. The van der Waals surface area contributed by atoms with Crippen LogP contribution < -0.4 is 9.80 Å². The Morgan fingerprint density at radius 1 is 0.725 bits per heavy atom. The first-order chi connectivity index (χ1) is 19.7. The van der Waals surface area contributed by atoms with Crippen molar-refractivity contribution < 1.29 is 14.1 Å². The number of carbonyl (C=O) groups is 1. The molecular formula is C35H44N3O2+. The molecule has 3 aromatic carbocycles. The van der Waals surface area contributed by atoms with Crippen molar-refractivity contribution in [1.29, 1.82) is 0 Å². The summed E-state index contributed by atoms with van der Waals surface area (Å²) in [7, 11) is 0. The Morgan fingerprint density at radius 3 is 2.12 bits per heavy atom. The van der Waals surface area contributed by atoms with Gasteiger partial charge < -0.3 is 9.32 Å². The van der Waals surface area contributed by atoms with E-state index in [2.05, 4.69) is 26.0 Å². The predicted molar refractivity (Wildman–Crippen MR) is 167 cm³/mol. The molecule has 1 N–H and O–H groups in total. The fraction of sp³-hybridized carbons (Fsp3) is 0.429. The zero-order valence-electron chi connectivity index (χ0n) is 24.3. The lowest BCUT2D eigenvalue weighted by atomic mass is 10.1. The molecule has 210 valence electrons. The second-order valence-electron chi connectivity index (χ2n) is 11.2. The Labute approximate surface area is 238 Å². The van der Waals surface area contributed by atoms with Gasteiger partial charge in [0, 0.05) is 22.4 Å². The number of carbonyl (C=O) groups excluding carboxylic acids is 1. The number of anilines is 1. The van der Waals surface area contributed by atoms with Gasteiger partial charge in [-0.25, -0.2) is 4.99 Å². The van der Waals surface area contributed by atoms with Gasteiger partial charge in [0.15, 0.2) is 6.67 Å². The molecule has 1 aromatic heterocycles. The molecular weight excluding hydrogens is 494 g/mol. The molecule has 0 saturated heterocycles. The van der Waals surface area contributed by atoms with Gasteiger partial charge in [-0.3, -0.25) is 9.69 Å². The Bertz CT molecular complexity index is 1440. The minimum absolute atomic E-state index is 0.000342. The first-order valence-corrected chi connectivity index (χ1v) is 15.4. The Balaban J connectivity index is 1.36. The Morgan fingerprint density at radius 2 is 1.38 bits per heavy atom. The van der Waals surface area contributed by atoms with Crippen LogP contribution >= 0.6 is 0 Å². The molecule has 0 saturated carbocycles. The fourth-order valence-electron chi connectivity index (χ4n) is 5.90. The smallest absolute Gasteiger partial charge is 0.281 e. The van der Waals surface area contributed by atoms with Gasteiger partial charge in [-0.05, 0) is 49.9 Å². The van der Waals surface area contributed by atoms with E-state index in [-0.39, 0.29) is 5.91 Å². The van der Waals surface area contributed by atoms with Crippen molar-refractivity contribution in [2.75, 3.05) is 24.7 Å². The third kappa shape index (κ3) is 6.47. The number of amides is 1. The van der Waals surface area contributed by atoms with E-state index in [0.717, 1.165) is 52.0 Å². The van der Waals surface area contributed by atoms with Gasteiger partial charge in [0.05, 0.1) is 24.5 Å². The zero-order chi connectivity index (χ0) is 27.7. The summed E-state index contributed by atoms with van der Waals surface area (Å²) in [6, 6.07) is 22.2. The van der Waals surface area contributed by atoms with Crippen LogP contribution in [0.1, 0.15) is 83.6 Å². The third-order valence-electron chi connectivity index (χ3n) is 8.15. The summed E-state index contributed by atoms with van der Waals surface area (Å²) in [5.74, 6) is 0.000342. The summed E-state index contributed by atoms with van der Waals surface area (Å²) in [5.41, 5.74) is 4.82. The molecule has 2 heterocycles. The lowest BCUT2D eigenvalue weighted by molar-refractivity contribution is -0.899. The molecule has 0 aliphatic carbocycles. The van der Waals surface area contributed by atoms with Gasteiger partial charge in [-0.1, -0.05) is 88.8 Å². The predicted octanol–water partition coefficient (Wildman–Crippen LogP) is 7.84. The van der Waals surface area contributed by atoms with E-state index in [0.29, 0.717) is 12.4 Å². The lowest BCUT2D eigenvalue weighted by Gasteiger charge is -2.25. The maximum absolute atomic E-state index is 13.9. The summed E-state index contributed by atoms with van der Waals surface area (Å²) < 4.78 is 6.08. The highest BCUT2D eigenvalue weighted by Crippen LogP contribution is 2.33. The number of furan rings is 1. The molecule has 4 aromatic rings. The highest BCUT2D eigenvalue weighted by molar-refractivity contribution is 6.54. The van der Waals surface area contributed by atoms with Crippen LogP contribution in [0.25, 0.3) is 21.9 Å². The van der Waals surface area contributed by atoms with Crippen molar-refractivity contribution in [3.63, 3.8) is 0 Å². The minimum atomic E-state index is 0.000342. The molecule has 5 heteroatoms. The number of rotatable bonds is 15. The van der Waals surface area contributed by atoms with Crippen LogP contribution in [-0.4, -0.2) is 31.4 Å². The van der Waals surface area contributed by atoms with E-state index in [1.807, 2.05) is 59.5 Å². The van der Waals surface area contributed by atoms with Crippen molar-refractivity contribution in [2.24, 2.45) is 4.99 Å². The molecule has 1 amide bonds. The van der Waals surface area contributed by atoms with Crippen LogP contribution in [0.15, 0.2) is 76.1 Å². The number of aliphatic imine (C=N–C) groups is 1. The number of benzene rings is 3. The van der Waals surface area contributed by atoms with Gasteiger partial charge in [-0.2, -0.15) is 0 Å². The quantitative estimate of drug-likeness (QED) is 0.157. The fourth-order valence-corrected chi connectivity index (χ4v) is 5.90. The molecule has 0 radical (unpaired) electrons. The molecule has 0 fully saturated rings. The number of fused-ring (bicyclic) bond motifs is 4. The number of hydrogen-bond acceptors (Lipinski definition) is 3. The third-order valence-corrected chi connectivity index (χ3v) is 8.15. The largest absolute Gasteiger partial charge is 0.456 e. The average Bonchev–Trinajstić information content (AvgIpc) is 3.47. The van der Waals surface area contributed by atoms with E-state index < -0.39 is 0 Å². The van der Waals surface area contributed by atoms with Crippen molar-refractivity contribution in [1.82, 2.24) is 0 Å². The molecule has 5 rings (SSSR count). The highest BCUT2D eigenvalue weighted by Gasteiger charge is 2.36. The summed E-state index contributed by atoms with van der Waals surface area (Å²) >= 11 is 0. The van der Waals surface area contributed by atoms with Crippen molar-refractivity contribution >= 4 is 44.9 Å². The van der Waals surface area contributed by atoms with E-state index in [1.165, 1.54) is 69.1 Å². The van der Waals surface area contributed by atoms with Gasteiger partial charge in [0.2, 0.25) is 0 Å². The summed E-state index contributed by atoms with van der Waals surface area (Å²) in [5, 5.41) is 2.16. The van der Waals surface area contributed by atoms with Crippen LogP contribution in [0, 0.1) is 0 Å². The zero-order valence-corrected chi connectivity index (χ0v) is 24.3. The molecule has 1 aliphatic heterocycles. The monoisotopic (exact) mass is 538 g/mol. The van der Waals surface area contributed by atoms with Crippen LogP contribution in [0.3, 0.4) is 0 Å². The summed E-state index contributed by atoms with van der Waals surface area (Å²) in [4.78, 5) is 22.3. The SMILES string of the molecule is CCCCCCC[NH+](CCCCCCC)CN1C(=O)C(=Nc2ccc3c(c2)oc2ccccc23)c2ccccc21. The van der Waals surface area contributed by atoms with Crippen molar-refractivity contribution in [3.05, 3.63) is 72.3 Å². The standard InChI is InChI=1S/C35H43N3O2/c1-3-5-7-9-15-23-37(24-16-10-8-6-4-2)26-38-31-19-13-11-18-30(31)34(35(38)39)36-27-21-22-29-28-17-12-14-20-32(28)40-33(29)25-27/h11-14,17-22,25H,3-10,15-16,23-24,26H2,1-2H3/p+1. The van der Waals surface area contributed by atoms with Gasteiger partial charge in [-0.15, -0.1) is 0 Å². The van der Waals surface area contributed by atoms with Crippen molar-refractivity contribution in [2.45, 2.75) is 78.1 Å². The average molecular weight is 539 g/mol. The number of nitrogens with one attached hydrogen (secondary N) is 1. The maximum atomic E-state index is 13.9. The number of para-hydroxylation sites is 2. The Hall–Kier alpha value is -3.44. The van der Waals surface area contributed by atoms with Crippen LogP contribution in [0.2, 0.25) is 0 Å². The second-order valence-corrected chi connectivity index (χ2v) is 11.2. The molecule has 40 heavy (non-hydrogen) atoms. The number of unbranched alkanes of at least 4 members (excludes halogenated alkanes) is 8. The van der Waals surface area contributed by atoms with E-state index >= 15 is 0 Å². The maximum Gasteiger partial charge on any atom is 0.281 e. The van der Waals surface area contributed by atoms with Crippen LogP contribution in [-0.2, 0) is 4.79 Å². The van der Waals surface area contributed by atoms with Gasteiger partial charge in [0.1, 0.15) is 16.9 Å². The number of nitrogens with zero attached hydrogens (tertiary/aromatic N) is 2. The molecule has 0 spiro atoms. The van der Waals surface area contributed by atoms with Crippen LogP contribution in [0.4, 0.5) is 11.4 Å². The first-order valence-electron chi connectivity index (χ1n) is 15.4. The minimum Gasteiger partial charge on any atom is -0.456 e. The normalized spacial score (nSPS) is 14.3. The second kappa shape index (κ2) is 13.8. The topological polar surface area (TPSA) is 50.2 Å². The summed E-state index contributed by atoms with van der Waals surface area (Å²) in [6.45, 7) is 7.44. The van der Waals surface area contributed by atoms with Gasteiger partial charge in [0.25, 0.3) is 5.91 Å². The lowest BCUT2D eigenvalue weighted by Crippen LogP contribution is -3.13. The number of quaternary nitrogens is 1. The molecule has 0 atom stereocenters. The first kappa shape index (κ1) is 28.1. The molecule has 1 aliphatic rings. The van der Waals surface area contributed by atoms with Crippen LogP contribution in [0.5, 0.6) is 0 Å². The van der Waals surface area contributed by atoms with E-state index in [9.17, 15) is 4.79 Å². The highest BCUT2D eigenvalue weighted by atomic mass is 16.3.